The van der Waals surface area contributed by atoms with Gasteiger partial charge in [0.15, 0.2) is 0 Å². The second-order valence-corrected chi connectivity index (χ2v) is 7.50. The van der Waals surface area contributed by atoms with Crippen LogP contribution in [0.15, 0.2) is 67.1 Å². The summed E-state index contributed by atoms with van der Waals surface area (Å²) in [4.78, 5) is 17.4. The van der Waals surface area contributed by atoms with Crippen LogP contribution in [0.1, 0.15) is 34.3 Å². The first-order chi connectivity index (χ1) is 14.1. The van der Waals surface area contributed by atoms with Crippen LogP contribution in [-0.2, 0) is 5.54 Å². The predicted molar refractivity (Wildman–Crippen MR) is 108 cm³/mol. The van der Waals surface area contributed by atoms with Gasteiger partial charge in [0.25, 0.3) is 5.91 Å². The molecule has 5 rings (SSSR count). The van der Waals surface area contributed by atoms with Gasteiger partial charge in [0.2, 0.25) is 0 Å². The van der Waals surface area contributed by atoms with Crippen molar-refractivity contribution in [2.24, 2.45) is 0 Å². The van der Waals surface area contributed by atoms with Crippen LogP contribution in [0.4, 0.5) is 4.39 Å². The summed E-state index contributed by atoms with van der Waals surface area (Å²) in [5.74, 6) is -0.475. The van der Waals surface area contributed by atoms with Crippen molar-refractivity contribution in [3.63, 3.8) is 0 Å². The molecule has 0 unspecified atom stereocenters. The molecule has 5 nitrogen and oxygen atoms in total. The maximum absolute atomic E-state index is 13.2. The van der Waals surface area contributed by atoms with Crippen molar-refractivity contribution in [2.75, 3.05) is 0 Å². The molecule has 1 fully saturated rings. The minimum absolute atomic E-state index is 0.164. The van der Waals surface area contributed by atoms with E-state index in [1.54, 1.807) is 35.4 Å². The summed E-state index contributed by atoms with van der Waals surface area (Å²) >= 11 is 0. The Morgan fingerprint density at radius 3 is 2.55 bits per heavy atom. The number of rotatable bonds is 4. The van der Waals surface area contributed by atoms with E-state index in [4.69, 9.17) is 0 Å². The van der Waals surface area contributed by atoms with E-state index in [1.165, 1.54) is 17.7 Å². The zero-order valence-corrected chi connectivity index (χ0v) is 15.9. The van der Waals surface area contributed by atoms with Crippen LogP contribution in [0.25, 0.3) is 16.6 Å². The highest BCUT2D eigenvalue weighted by Gasteiger charge is 2.46. The quantitative estimate of drug-likeness (QED) is 0.569. The molecule has 29 heavy (non-hydrogen) atoms. The fourth-order valence-corrected chi connectivity index (χ4v) is 3.89. The van der Waals surface area contributed by atoms with Gasteiger partial charge in [-0.1, -0.05) is 24.3 Å². The van der Waals surface area contributed by atoms with E-state index in [-0.39, 0.29) is 17.3 Å². The minimum atomic E-state index is -0.311. The number of hydrogen-bond acceptors (Lipinski definition) is 3. The van der Waals surface area contributed by atoms with Crippen LogP contribution in [0.5, 0.6) is 0 Å². The lowest BCUT2D eigenvalue weighted by Gasteiger charge is -2.20. The highest BCUT2D eigenvalue weighted by molar-refractivity contribution is 6.06. The Hall–Kier alpha value is -3.54. The molecule has 1 aliphatic carbocycles. The number of carbonyl (C=O) groups is 1. The number of halogens is 1. The molecule has 0 radical (unpaired) electrons. The fraction of sp³-hybridized carbons (Fsp3) is 0.174. The molecule has 0 spiro atoms. The average molecular weight is 386 g/mol. The largest absolute Gasteiger partial charge is 0.342 e. The van der Waals surface area contributed by atoms with Gasteiger partial charge < -0.3 is 5.32 Å². The van der Waals surface area contributed by atoms with Crippen molar-refractivity contribution < 1.29 is 9.18 Å². The second-order valence-electron chi connectivity index (χ2n) is 7.50. The molecule has 0 bridgehead atoms. The summed E-state index contributed by atoms with van der Waals surface area (Å²) < 4.78 is 14.9. The minimum Gasteiger partial charge on any atom is -0.342 e. The van der Waals surface area contributed by atoms with Gasteiger partial charge in [-0.15, -0.1) is 0 Å². The summed E-state index contributed by atoms with van der Waals surface area (Å²) in [6, 6.07) is 14.2. The molecule has 0 aliphatic heterocycles. The third-order valence-electron chi connectivity index (χ3n) is 5.58. The first kappa shape index (κ1) is 17.6. The first-order valence-corrected chi connectivity index (χ1v) is 9.54. The number of aryl methyl sites for hydroxylation is 1. The number of nitrogens with one attached hydrogen (secondary N) is 1. The second kappa shape index (κ2) is 6.51. The molecular formula is C23H19FN4O. The number of hydrogen-bond donors (Lipinski definition) is 1. The molecule has 4 aromatic rings. The molecular weight excluding hydrogens is 367 g/mol. The van der Waals surface area contributed by atoms with Crippen molar-refractivity contribution in [2.45, 2.75) is 25.3 Å². The van der Waals surface area contributed by atoms with Gasteiger partial charge in [-0.25, -0.2) is 9.07 Å². The topological polar surface area (TPSA) is 59.8 Å². The van der Waals surface area contributed by atoms with Gasteiger partial charge in [-0.05, 0) is 55.2 Å². The van der Waals surface area contributed by atoms with Gasteiger partial charge in [0.1, 0.15) is 5.82 Å². The normalized spacial score (nSPS) is 14.7. The molecule has 144 valence electrons. The molecule has 1 saturated carbocycles. The predicted octanol–water partition coefficient (Wildman–Crippen LogP) is 4.29. The van der Waals surface area contributed by atoms with E-state index in [0.29, 0.717) is 22.2 Å². The molecule has 2 aromatic carbocycles. The van der Waals surface area contributed by atoms with Crippen LogP contribution in [0.2, 0.25) is 0 Å². The number of pyridine rings is 1. The maximum atomic E-state index is 13.2. The Bertz CT molecular complexity index is 1230. The molecule has 1 aliphatic rings. The Kier molecular flexibility index (Phi) is 3.94. The van der Waals surface area contributed by atoms with Gasteiger partial charge >= 0.3 is 0 Å². The van der Waals surface area contributed by atoms with E-state index >= 15 is 0 Å². The van der Waals surface area contributed by atoms with E-state index < -0.39 is 0 Å². The highest BCUT2D eigenvalue weighted by atomic mass is 19.1. The smallest absolute Gasteiger partial charge is 0.254 e. The third kappa shape index (κ3) is 2.97. The first-order valence-electron chi connectivity index (χ1n) is 9.54. The lowest BCUT2D eigenvalue weighted by molar-refractivity contribution is 0.0932. The highest BCUT2D eigenvalue weighted by Crippen LogP contribution is 2.47. The lowest BCUT2D eigenvalue weighted by Crippen LogP contribution is -2.35. The zero-order valence-electron chi connectivity index (χ0n) is 15.9. The molecule has 6 heteroatoms. The van der Waals surface area contributed by atoms with Crippen molar-refractivity contribution in [3.8, 4) is 5.69 Å². The van der Waals surface area contributed by atoms with Gasteiger partial charge in [-0.2, -0.15) is 5.10 Å². The van der Waals surface area contributed by atoms with Crippen molar-refractivity contribution in [1.82, 2.24) is 20.1 Å². The van der Waals surface area contributed by atoms with Crippen LogP contribution in [0, 0.1) is 12.7 Å². The van der Waals surface area contributed by atoms with E-state index in [2.05, 4.69) is 34.5 Å². The summed E-state index contributed by atoms with van der Waals surface area (Å²) in [5, 5.41) is 8.33. The zero-order chi connectivity index (χ0) is 20.0. The van der Waals surface area contributed by atoms with Crippen LogP contribution >= 0.6 is 0 Å². The maximum Gasteiger partial charge on any atom is 0.254 e. The molecule has 2 aromatic heterocycles. The van der Waals surface area contributed by atoms with Crippen molar-refractivity contribution in [1.29, 1.82) is 0 Å². The van der Waals surface area contributed by atoms with Gasteiger partial charge in [0.05, 0.1) is 34.7 Å². The van der Waals surface area contributed by atoms with E-state index in [1.807, 2.05) is 12.1 Å². The Labute approximate surface area is 167 Å². The summed E-state index contributed by atoms with van der Waals surface area (Å²) in [7, 11) is 0. The lowest BCUT2D eigenvalue weighted by atomic mass is 9.99. The standard InChI is InChI=1S/C23H19FN4O/c1-15-4-2-3-5-20(15)23(10-11-23)27-22(29)19-12-25-14-21-18(19)13-26-28(21)17-8-6-16(24)7-9-17/h2-9,12-14H,10-11H2,1H3,(H,27,29). The van der Waals surface area contributed by atoms with Crippen LogP contribution < -0.4 is 5.32 Å². The van der Waals surface area contributed by atoms with E-state index in [9.17, 15) is 9.18 Å². The molecule has 0 saturated heterocycles. The summed E-state index contributed by atoms with van der Waals surface area (Å²) in [6.07, 6.45) is 6.73. The van der Waals surface area contributed by atoms with Gasteiger partial charge in [0, 0.05) is 11.6 Å². The number of carbonyl (C=O) groups excluding carboxylic acids is 1. The number of amides is 1. The third-order valence-corrected chi connectivity index (χ3v) is 5.58. The Morgan fingerprint density at radius 1 is 1.07 bits per heavy atom. The Morgan fingerprint density at radius 2 is 1.83 bits per heavy atom. The summed E-state index contributed by atoms with van der Waals surface area (Å²) in [6.45, 7) is 2.07. The molecule has 0 atom stereocenters. The SMILES string of the molecule is Cc1ccccc1C1(NC(=O)c2cncc3c2cnn3-c2ccc(F)cc2)CC1. The number of aromatic nitrogens is 3. The monoisotopic (exact) mass is 386 g/mol. The number of fused-ring (bicyclic) bond motifs is 1. The van der Waals surface area contributed by atoms with Crippen LogP contribution in [-0.4, -0.2) is 20.7 Å². The Balaban J connectivity index is 1.50. The van der Waals surface area contributed by atoms with Crippen LogP contribution in [0.3, 0.4) is 0 Å². The number of nitrogens with zero attached hydrogens (tertiary/aromatic N) is 3. The van der Waals surface area contributed by atoms with Crippen molar-refractivity contribution in [3.05, 3.63) is 89.6 Å². The molecule has 1 amide bonds. The molecule has 1 N–H and O–H groups in total. The van der Waals surface area contributed by atoms with Crippen molar-refractivity contribution >= 4 is 16.8 Å². The van der Waals surface area contributed by atoms with Gasteiger partial charge in [-0.3, -0.25) is 9.78 Å². The molecule has 2 heterocycles. The van der Waals surface area contributed by atoms with E-state index in [0.717, 1.165) is 18.4 Å². The summed E-state index contributed by atoms with van der Waals surface area (Å²) in [5.41, 5.74) is 3.92. The average Bonchev–Trinajstić information content (AvgIpc) is 3.37. The number of benzene rings is 2. The fourth-order valence-electron chi connectivity index (χ4n) is 3.89.